The van der Waals surface area contributed by atoms with Gasteiger partial charge in [-0.1, -0.05) is 12.1 Å². The average molecular weight is 375 g/mol. The fourth-order valence-corrected chi connectivity index (χ4v) is 4.10. The number of hydrogen-bond acceptors (Lipinski definition) is 3. The summed E-state index contributed by atoms with van der Waals surface area (Å²) in [5, 5.41) is 3.17. The summed E-state index contributed by atoms with van der Waals surface area (Å²) in [4.78, 5) is 14.6. The van der Waals surface area contributed by atoms with E-state index >= 15 is 0 Å². The summed E-state index contributed by atoms with van der Waals surface area (Å²) in [7, 11) is 0. The summed E-state index contributed by atoms with van der Waals surface area (Å²) in [5.74, 6) is 0.907. The lowest BCUT2D eigenvalue weighted by atomic mass is 9.82. The molecule has 3 rings (SSSR count). The number of urea groups is 1. The van der Waals surface area contributed by atoms with Gasteiger partial charge in [-0.2, -0.15) is 0 Å². The number of amides is 2. The van der Waals surface area contributed by atoms with E-state index in [9.17, 15) is 4.79 Å². The molecule has 5 nitrogen and oxygen atoms in total. The van der Waals surface area contributed by atoms with E-state index in [2.05, 4.69) is 24.4 Å². The Balaban J connectivity index is 1.41. The first kappa shape index (κ1) is 20.0. The Hall–Kier alpha value is -1.75. The molecule has 0 bridgehead atoms. The number of nitrogens with one attached hydrogen (secondary N) is 1. The molecule has 0 radical (unpaired) electrons. The molecule has 2 aliphatic heterocycles. The van der Waals surface area contributed by atoms with Crippen LogP contribution in [0.15, 0.2) is 24.3 Å². The lowest BCUT2D eigenvalue weighted by Crippen LogP contribution is -2.44. The number of hydrogen-bond donors (Lipinski definition) is 1. The van der Waals surface area contributed by atoms with Gasteiger partial charge in [0.05, 0.1) is 12.7 Å². The number of likely N-dealkylation sites (tertiary alicyclic amines) is 1. The highest BCUT2D eigenvalue weighted by atomic mass is 16.5. The second-order valence-corrected chi connectivity index (χ2v) is 8.53. The Labute approximate surface area is 163 Å². The van der Waals surface area contributed by atoms with Crippen molar-refractivity contribution in [1.29, 1.82) is 0 Å². The second kappa shape index (κ2) is 8.96. The summed E-state index contributed by atoms with van der Waals surface area (Å²) in [5.41, 5.74) is 1.48. The predicted octanol–water partition coefficient (Wildman–Crippen LogP) is 4.01. The van der Waals surface area contributed by atoms with Crippen molar-refractivity contribution in [2.24, 2.45) is 5.41 Å². The number of benzene rings is 1. The van der Waals surface area contributed by atoms with E-state index in [0.29, 0.717) is 0 Å². The van der Waals surface area contributed by atoms with Gasteiger partial charge in [0, 0.05) is 31.2 Å². The van der Waals surface area contributed by atoms with Crippen LogP contribution < -0.4 is 10.1 Å². The molecule has 5 heteroatoms. The highest BCUT2D eigenvalue weighted by Crippen LogP contribution is 2.37. The zero-order valence-corrected chi connectivity index (χ0v) is 17.0. The summed E-state index contributed by atoms with van der Waals surface area (Å²) in [6.07, 6.45) is 5.44. The van der Waals surface area contributed by atoms with Crippen LogP contribution in [-0.2, 0) is 11.2 Å². The first-order valence-electron chi connectivity index (χ1n) is 10.3. The van der Waals surface area contributed by atoms with E-state index in [-0.39, 0.29) is 23.6 Å². The van der Waals surface area contributed by atoms with Gasteiger partial charge in [0.25, 0.3) is 0 Å². The fraction of sp³-hybridized carbons (Fsp3) is 0.682. The molecule has 2 heterocycles. The van der Waals surface area contributed by atoms with Crippen LogP contribution in [0.4, 0.5) is 4.79 Å². The van der Waals surface area contributed by atoms with Gasteiger partial charge in [-0.15, -0.1) is 0 Å². The molecule has 1 spiro atoms. The summed E-state index contributed by atoms with van der Waals surface area (Å²) >= 11 is 0. The van der Waals surface area contributed by atoms with Crippen molar-refractivity contribution in [3.05, 3.63) is 29.8 Å². The first-order chi connectivity index (χ1) is 13.0. The molecule has 2 unspecified atom stereocenters. The minimum Gasteiger partial charge on any atom is -0.491 e. The molecule has 2 saturated heterocycles. The van der Waals surface area contributed by atoms with Gasteiger partial charge in [0.1, 0.15) is 5.75 Å². The van der Waals surface area contributed by atoms with Gasteiger partial charge in [-0.3, -0.25) is 0 Å². The Morgan fingerprint density at radius 3 is 2.70 bits per heavy atom. The maximum Gasteiger partial charge on any atom is 0.317 e. The molecule has 0 saturated carbocycles. The number of rotatable bonds is 6. The maximum atomic E-state index is 12.6. The van der Waals surface area contributed by atoms with Crippen LogP contribution >= 0.6 is 0 Å². The molecular weight excluding hydrogens is 340 g/mol. The Morgan fingerprint density at radius 2 is 2.04 bits per heavy atom. The van der Waals surface area contributed by atoms with Crippen LogP contribution in [0.5, 0.6) is 5.75 Å². The monoisotopic (exact) mass is 374 g/mol. The maximum absolute atomic E-state index is 12.6. The molecule has 0 aromatic heterocycles. The highest BCUT2D eigenvalue weighted by Gasteiger charge is 2.41. The van der Waals surface area contributed by atoms with E-state index < -0.39 is 0 Å². The summed E-state index contributed by atoms with van der Waals surface area (Å²) in [6.45, 7) is 9.51. The third-order valence-electron chi connectivity index (χ3n) is 5.66. The molecule has 2 fully saturated rings. The Morgan fingerprint density at radius 1 is 1.26 bits per heavy atom. The van der Waals surface area contributed by atoms with Crippen LogP contribution in [0.2, 0.25) is 0 Å². The number of aryl methyl sites for hydroxylation is 1. The number of nitrogens with zero attached hydrogens (tertiary/aromatic N) is 1. The standard InChI is InChI=1S/C22H34N2O3/c1-17(2)27-20-9-7-19(8-10-20)6-5-18(3)23-21(25)24-13-12-22(15-24)11-4-14-26-16-22/h7-10,17-18H,4-6,11-16H2,1-3H3,(H,23,25). The molecule has 1 aromatic rings. The minimum atomic E-state index is 0.0747. The van der Waals surface area contributed by atoms with Crippen LogP contribution in [0.3, 0.4) is 0 Å². The van der Waals surface area contributed by atoms with Crippen LogP contribution in [0, 0.1) is 5.41 Å². The molecular formula is C22H34N2O3. The topological polar surface area (TPSA) is 50.8 Å². The van der Waals surface area contributed by atoms with Crippen molar-refractivity contribution in [1.82, 2.24) is 10.2 Å². The van der Waals surface area contributed by atoms with Crippen molar-refractivity contribution in [3.63, 3.8) is 0 Å². The second-order valence-electron chi connectivity index (χ2n) is 8.53. The zero-order chi connectivity index (χ0) is 19.3. The lowest BCUT2D eigenvalue weighted by molar-refractivity contribution is -0.000470. The molecule has 2 amide bonds. The molecule has 1 aromatic carbocycles. The van der Waals surface area contributed by atoms with Gasteiger partial charge >= 0.3 is 6.03 Å². The normalized spacial score (nSPS) is 23.6. The SMILES string of the molecule is CC(CCc1ccc(OC(C)C)cc1)NC(=O)N1CCC2(CCCOC2)C1. The summed E-state index contributed by atoms with van der Waals surface area (Å²) < 4.78 is 11.3. The van der Waals surface area contributed by atoms with Crippen molar-refractivity contribution in [2.45, 2.75) is 65.0 Å². The largest absolute Gasteiger partial charge is 0.491 e. The molecule has 0 aliphatic carbocycles. The lowest BCUT2D eigenvalue weighted by Gasteiger charge is -2.33. The van der Waals surface area contributed by atoms with Crippen LogP contribution in [-0.4, -0.2) is 49.4 Å². The van der Waals surface area contributed by atoms with Gasteiger partial charge < -0.3 is 19.7 Å². The summed E-state index contributed by atoms with van der Waals surface area (Å²) in [6, 6.07) is 8.50. The van der Waals surface area contributed by atoms with Gasteiger partial charge in [0.15, 0.2) is 0 Å². The van der Waals surface area contributed by atoms with Crippen LogP contribution in [0.1, 0.15) is 52.0 Å². The minimum absolute atomic E-state index is 0.0747. The number of carbonyl (C=O) groups is 1. The number of ether oxygens (including phenoxy) is 2. The van der Waals surface area contributed by atoms with Crippen molar-refractivity contribution in [3.8, 4) is 5.75 Å². The molecule has 2 aliphatic rings. The molecule has 1 N–H and O–H groups in total. The average Bonchev–Trinajstić information content (AvgIpc) is 3.05. The molecule has 150 valence electrons. The van der Waals surface area contributed by atoms with E-state index in [1.165, 1.54) is 12.0 Å². The predicted molar refractivity (Wildman–Crippen MR) is 107 cm³/mol. The van der Waals surface area contributed by atoms with E-state index in [4.69, 9.17) is 9.47 Å². The van der Waals surface area contributed by atoms with Gasteiger partial charge in [-0.25, -0.2) is 4.79 Å². The van der Waals surface area contributed by atoms with E-state index in [1.54, 1.807) is 0 Å². The van der Waals surface area contributed by atoms with E-state index in [0.717, 1.165) is 57.7 Å². The van der Waals surface area contributed by atoms with Crippen molar-refractivity contribution < 1.29 is 14.3 Å². The molecule has 27 heavy (non-hydrogen) atoms. The van der Waals surface area contributed by atoms with Crippen molar-refractivity contribution >= 4 is 6.03 Å². The third kappa shape index (κ3) is 5.61. The van der Waals surface area contributed by atoms with Crippen molar-refractivity contribution in [2.75, 3.05) is 26.3 Å². The quantitative estimate of drug-likeness (QED) is 0.819. The zero-order valence-electron chi connectivity index (χ0n) is 17.0. The van der Waals surface area contributed by atoms with Gasteiger partial charge in [-0.05, 0) is 70.6 Å². The van der Waals surface area contributed by atoms with E-state index in [1.807, 2.05) is 30.9 Å². The first-order valence-corrected chi connectivity index (χ1v) is 10.3. The van der Waals surface area contributed by atoms with Crippen LogP contribution in [0.25, 0.3) is 0 Å². The Kier molecular flexibility index (Phi) is 6.64. The smallest absolute Gasteiger partial charge is 0.317 e. The third-order valence-corrected chi connectivity index (χ3v) is 5.66. The highest BCUT2D eigenvalue weighted by molar-refractivity contribution is 5.74. The molecule has 2 atom stereocenters. The van der Waals surface area contributed by atoms with Gasteiger partial charge in [0.2, 0.25) is 0 Å². The number of carbonyl (C=O) groups excluding carboxylic acids is 1. The Bertz CT molecular complexity index is 608. The fourth-order valence-electron chi connectivity index (χ4n) is 4.10.